The summed E-state index contributed by atoms with van der Waals surface area (Å²) in [5.74, 6) is -0.594. The van der Waals surface area contributed by atoms with Gasteiger partial charge < -0.3 is 10.1 Å². The van der Waals surface area contributed by atoms with E-state index < -0.39 is 5.97 Å². The molecule has 0 unspecified atom stereocenters. The van der Waals surface area contributed by atoms with Crippen LogP contribution in [-0.2, 0) is 20.7 Å². The maximum absolute atomic E-state index is 12.8. The summed E-state index contributed by atoms with van der Waals surface area (Å²) in [6.45, 7) is 1.30. The van der Waals surface area contributed by atoms with Gasteiger partial charge in [-0.2, -0.15) is 4.68 Å². The van der Waals surface area contributed by atoms with Gasteiger partial charge in [0, 0.05) is 0 Å². The Balaban J connectivity index is 1.44. The van der Waals surface area contributed by atoms with Gasteiger partial charge in [-0.05, 0) is 59.4 Å². The van der Waals surface area contributed by atoms with Crippen LogP contribution in [0, 0.1) is 6.92 Å². The van der Waals surface area contributed by atoms with Crippen molar-refractivity contribution in [1.82, 2.24) is 25.5 Å². The largest absolute Gasteiger partial charge is 0.451 e. The van der Waals surface area contributed by atoms with Crippen LogP contribution in [0.3, 0.4) is 0 Å². The van der Waals surface area contributed by atoms with Crippen LogP contribution in [0.4, 0.5) is 0 Å². The fourth-order valence-electron chi connectivity index (χ4n) is 3.71. The zero-order valence-electron chi connectivity index (χ0n) is 17.2. The molecule has 4 rings (SSSR count). The van der Waals surface area contributed by atoms with Gasteiger partial charge in [-0.25, -0.2) is 4.79 Å². The zero-order chi connectivity index (χ0) is 21.6. The molecule has 8 heteroatoms. The fourth-order valence-corrected chi connectivity index (χ4v) is 3.71. The predicted molar refractivity (Wildman–Crippen MR) is 114 cm³/mol. The first kappa shape index (κ1) is 20.5. The number of tetrazole rings is 1. The highest BCUT2D eigenvalue weighted by Crippen LogP contribution is 2.29. The second-order valence-corrected chi connectivity index (χ2v) is 7.37. The first-order chi connectivity index (χ1) is 15.1. The van der Waals surface area contributed by atoms with Gasteiger partial charge in [0.15, 0.2) is 18.1 Å². The van der Waals surface area contributed by atoms with E-state index in [0.29, 0.717) is 5.82 Å². The molecule has 1 N–H and O–H groups in total. The lowest BCUT2D eigenvalue weighted by Gasteiger charge is -2.26. The van der Waals surface area contributed by atoms with Gasteiger partial charge in [0.2, 0.25) is 0 Å². The van der Waals surface area contributed by atoms with Crippen LogP contribution < -0.4 is 5.32 Å². The summed E-state index contributed by atoms with van der Waals surface area (Å²) in [5, 5.41) is 14.3. The number of fused-ring (bicyclic) bond motifs is 1. The van der Waals surface area contributed by atoms with Crippen molar-refractivity contribution in [3.05, 3.63) is 77.1 Å². The molecule has 1 heterocycles. The number of hydrogen-bond donors (Lipinski definition) is 1. The third-order valence-electron chi connectivity index (χ3n) is 5.20. The Morgan fingerprint density at radius 3 is 2.71 bits per heavy atom. The molecule has 8 nitrogen and oxygen atoms in total. The van der Waals surface area contributed by atoms with E-state index in [9.17, 15) is 9.59 Å². The molecule has 31 heavy (non-hydrogen) atoms. The van der Waals surface area contributed by atoms with E-state index in [1.807, 2.05) is 48.5 Å². The SMILES string of the molecule is Cc1nnnn1/C(=C\c1ccccc1)C(=O)OCC(=O)N[C@H]1CCCc2ccccc21. The van der Waals surface area contributed by atoms with Gasteiger partial charge in [0.25, 0.3) is 5.91 Å². The summed E-state index contributed by atoms with van der Waals surface area (Å²) in [6, 6.07) is 17.3. The minimum Gasteiger partial charge on any atom is -0.451 e. The summed E-state index contributed by atoms with van der Waals surface area (Å²) in [6.07, 6.45) is 4.50. The highest BCUT2D eigenvalue weighted by molar-refractivity contribution is 6.15. The molecule has 0 radical (unpaired) electrons. The van der Waals surface area contributed by atoms with E-state index in [-0.39, 0.29) is 24.3 Å². The Hall–Kier alpha value is -3.81. The molecule has 0 saturated heterocycles. The molecule has 0 fully saturated rings. The summed E-state index contributed by atoms with van der Waals surface area (Å²) >= 11 is 0. The van der Waals surface area contributed by atoms with Crippen molar-refractivity contribution in [2.75, 3.05) is 6.61 Å². The van der Waals surface area contributed by atoms with Crippen LogP contribution in [0.2, 0.25) is 0 Å². The Bertz CT molecular complexity index is 1110. The van der Waals surface area contributed by atoms with Gasteiger partial charge in [-0.3, -0.25) is 4.79 Å². The van der Waals surface area contributed by atoms with Crippen LogP contribution in [0.25, 0.3) is 11.8 Å². The average molecular weight is 417 g/mol. The van der Waals surface area contributed by atoms with Crippen molar-refractivity contribution < 1.29 is 14.3 Å². The number of carbonyl (C=O) groups excluding carboxylic acids is 2. The Morgan fingerprint density at radius 1 is 1.16 bits per heavy atom. The zero-order valence-corrected chi connectivity index (χ0v) is 17.2. The Labute approximate surface area is 179 Å². The number of benzene rings is 2. The maximum atomic E-state index is 12.8. The van der Waals surface area contributed by atoms with Crippen LogP contribution in [0.1, 0.15) is 41.4 Å². The number of hydrogen-bond acceptors (Lipinski definition) is 6. The molecule has 2 aromatic carbocycles. The first-order valence-electron chi connectivity index (χ1n) is 10.2. The van der Waals surface area contributed by atoms with Gasteiger partial charge in [-0.1, -0.05) is 54.6 Å². The molecule has 1 atom stereocenters. The van der Waals surface area contributed by atoms with Crippen LogP contribution in [-0.4, -0.2) is 38.7 Å². The number of rotatable bonds is 6. The number of aryl methyl sites for hydroxylation is 2. The number of aromatic nitrogens is 4. The molecule has 1 aromatic heterocycles. The molecular weight excluding hydrogens is 394 g/mol. The molecule has 1 aliphatic rings. The summed E-state index contributed by atoms with van der Waals surface area (Å²) in [4.78, 5) is 25.3. The second kappa shape index (κ2) is 9.34. The molecule has 0 saturated carbocycles. The smallest absolute Gasteiger partial charge is 0.357 e. The third kappa shape index (κ3) is 4.85. The summed E-state index contributed by atoms with van der Waals surface area (Å²) < 4.78 is 6.61. The molecule has 3 aromatic rings. The van der Waals surface area contributed by atoms with Crippen molar-refractivity contribution in [3.8, 4) is 0 Å². The van der Waals surface area contributed by atoms with Crippen LogP contribution >= 0.6 is 0 Å². The topological polar surface area (TPSA) is 99.0 Å². The van der Waals surface area contributed by atoms with Crippen molar-refractivity contribution >= 4 is 23.6 Å². The summed E-state index contributed by atoms with van der Waals surface area (Å²) in [5.41, 5.74) is 3.29. The van der Waals surface area contributed by atoms with Crippen LogP contribution in [0.15, 0.2) is 54.6 Å². The van der Waals surface area contributed by atoms with Crippen molar-refractivity contribution in [2.24, 2.45) is 0 Å². The van der Waals surface area contributed by atoms with Crippen LogP contribution in [0.5, 0.6) is 0 Å². The number of ether oxygens (including phenoxy) is 1. The number of amides is 1. The van der Waals surface area contributed by atoms with Gasteiger partial charge in [-0.15, -0.1) is 5.10 Å². The van der Waals surface area contributed by atoms with Gasteiger partial charge in [0.1, 0.15) is 0 Å². The standard InChI is InChI=1S/C23H23N5O3/c1-16-25-26-27-28(16)21(14-17-8-3-2-4-9-17)23(30)31-15-22(29)24-20-13-7-11-18-10-5-6-12-19(18)20/h2-6,8-10,12,14,20H,7,11,13,15H2,1H3,(H,24,29)/b21-14-/t20-/m0/s1. The molecule has 158 valence electrons. The monoisotopic (exact) mass is 417 g/mol. The number of nitrogens with one attached hydrogen (secondary N) is 1. The van der Waals surface area contributed by atoms with Gasteiger partial charge in [0.05, 0.1) is 6.04 Å². The lowest BCUT2D eigenvalue weighted by atomic mass is 9.88. The fraction of sp³-hybridized carbons (Fsp3) is 0.261. The lowest BCUT2D eigenvalue weighted by Crippen LogP contribution is -2.34. The van der Waals surface area contributed by atoms with E-state index in [0.717, 1.165) is 30.4 Å². The minimum atomic E-state index is -0.682. The maximum Gasteiger partial charge on any atom is 0.357 e. The van der Waals surface area contributed by atoms with Gasteiger partial charge >= 0.3 is 5.97 Å². The Morgan fingerprint density at radius 2 is 1.94 bits per heavy atom. The number of nitrogens with zero attached hydrogens (tertiary/aromatic N) is 4. The minimum absolute atomic E-state index is 0.0720. The lowest BCUT2D eigenvalue weighted by molar-refractivity contribution is -0.143. The van der Waals surface area contributed by atoms with E-state index in [1.165, 1.54) is 10.2 Å². The quantitative estimate of drug-likeness (QED) is 0.489. The van der Waals surface area contributed by atoms with E-state index in [4.69, 9.17) is 4.74 Å². The average Bonchev–Trinajstić information content (AvgIpc) is 3.22. The first-order valence-corrected chi connectivity index (χ1v) is 10.2. The number of esters is 1. The molecule has 1 amide bonds. The van der Waals surface area contributed by atoms with E-state index in [2.05, 4.69) is 26.9 Å². The van der Waals surface area contributed by atoms with E-state index >= 15 is 0 Å². The third-order valence-corrected chi connectivity index (χ3v) is 5.20. The molecule has 0 aliphatic heterocycles. The predicted octanol–water partition coefficient (Wildman–Crippen LogP) is 2.72. The van der Waals surface area contributed by atoms with Crippen molar-refractivity contribution in [1.29, 1.82) is 0 Å². The summed E-state index contributed by atoms with van der Waals surface area (Å²) in [7, 11) is 0. The van der Waals surface area contributed by atoms with E-state index in [1.54, 1.807) is 13.0 Å². The highest BCUT2D eigenvalue weighted by Gasteiger charge is 2.23. The Kier molecular flexibility index (Phi) is 6.16. The number of carbonyl (C=O) groups is 2. The second-order valence-electron chi connectivity index (χ2n) is 7.37. The normalized spacial score (nSPS) is 15.8. The van der Waals surface area contributed by atoms with Crippen molar-refractivity contribution in [3.63, 3.8) is 0 Å². The van der Waals surface area contributed by atoms with Crippen molar-refractivity contribution in [2.45, 2.75) is 32.2 Å². The molecule has 1 aliphatic carbocycles. The molecule has 0 spiro atoms. The highest BCUT2D eigenvalue weighted by atomic mass is 16.5. The molecule has 0 bridgehead atoms. The molecular formula is C23H23N5O3.